The summed E-state index contributed by atoms with van der Waals surface area (Å²) >= 11 is 0. The van der Waals surface area contributed by atoms with Crippen LogP contribution in [0.15, 0.2) is 82.0 Å². The summed E-state index contributed by atoms with van der Waals surface area (Å²) in [6.45, 7) is 0.270. The highest BCUT2D eigenvalue weighted by Crippen LogP contribution is 2.25. The van der Waals surface area contributed by atoms with E-state index in [9.17, 15) is 9.18 Å². The van der Waals surface area contributed by atoms with Crippen LogP contribution in [0, 0.1) is 5.82 Å². The average Bonchev–Trinajstić information content (AvgIpc) is 3.33. The number of rotatable bonds is 5. The molecule has 2 aromatic carbocycles. The molecule has 27 heavy (non-hydrogen) atoms. The lowest BCUT2D eigenvalue weighted by Gasteiger charge is -2.09. The molecule has 2 heterocycles. The number of hydrogen-bond acceptors (Lipinski definition) is 5. The molecule has 5 nitrogen and oxygen atoms in total. The van der Waals surface area contributed by atoms with Crippen LogP contribution >= 0.6 is 0 Å². The normalized spacial score (nSPS) is 14.9. The van der Waals surface area contributed by atoms with Crippen LogP contribution in [0.5, 0.6) is 5.75 Å². The van der Waals surface area contributed by atoms with Crippen LogP contribution in [0.4, 0.5) is 4.39 Å². The number of halogens is 1. The molecule has 6 heteroatoms. The molecule has 0 bridgehead atoms. The molecule has 134 valence electrons. The molecule has 0 aliphatic carbocycles. The van der Waals surface area contributed by atoms with Crippen LogP contribution in [-0.2, 0) is 16.1 Å². The van der Waals surface area contributed by atoms with Gasteiger partial charge in [-0.05, 0) is 42.0 Å². The van der Waals surface area contributed by atoms with E-state index in [0.717, 1.165) is 5.56 Å². The topological polar surface area (TPSA) is 61.0 Å². The van der Waals surface area contributed by atoms with Crippen LogP contribution in [-0.4, -0.2) is 11.9 Å². The Morgan fingerprint density at radius 3 is 2.63 bits per heavy atom. The van der Waals surface area contributed by atoms with E-state index >= 15 is 0 Å². The van der Waals surface area contributed by atoms with Crippen molar-refractivity contribution in [1.82, 2.24) is 0 Å². The molecule has 0 fully saturated rings. The fourth-order valence-electron chi connectivity index (χ4n) is 2.54. The van der Waals surface area contributed by atoms with E-state index in [-0.39, 0.29) is 24.0 Å². The third-order valence-electron chi connectivity index (χ3n) is 3.87. The maximum Gasteiger partial charge on any atom is 0.363 e. The van der Waals surface area contributed by atoms with E-state index in [4.69, 9.17) is 13.9 Å². The summed E-state index contributed by atoms with van der Waals surface area (Å²) in [7, 11) is 0. The molecule has 0 spiro atoms. The third kappa shape index (κ3) is 3.79. The van der Waals surface area contributed by atoms with E-state index in [1.807, 2.05) is 12.1 Å². The monoisotopic (exact) mass is 363 g/mol. The minimum absolute atomic E-state index is 0.126. The first-order valence-corrected chi connectivity index (χ1v) is 8.22. The second-order valence-electron chi connectivity index (χ2n) is 5.77. The summed E-state index contributed by atoms with van der Waals surface area (Å²) in [5.41, 5.74) is 1.66. The van der Waals surface area contributed by atoms with Gasteiger partial charge < -0.3 is 13.9 Å². The molecule has 1 aliphatic rings. The van der Waals surface area contributed by atoms with Crippen molar-refractivity contribution in [1.29, 1.82) is 0 Å². The van der Waals surface area contributed by atoms with E-state index in [2.05, 4.69) is 4.99 Å². The SMILES string of the molecule is O=C1OC(c2ccco2)=N/C1=C\c1ccccc1OCc1ccc(F)cc1. The first-order chi connectivity index (χ1) is 13.2. The molecule has 0 unspecified atom stereocenters. The van der Waals surface area contributed by atoms with Gasteiger partial charge in [0.25, 0.3) is 5.90 Å². The summed E-state index contributed by atoms with van der Waals surface area (Å²) in [6.07, 6.45) is 3.07. The minimum Gasteiger partial charge on any atom is -0.488 e. The molecule has 0 N–H and O–H groups in total. The fraction of sp³-hybridized carbons (Fsp3) is 0.0476. The molecule has 0 radical (unpaired) electrons. The Balaban J connectivity index is 1.56. The van der Waals surface area contributed by atoms with Crippen molar-refractivity contribution in [2.45, 2.75) is 6.61 Å². The number of carbonyl (C=O) groups is 1. The summed E-state index contributed by atoms with van der Waals surface area (Å²) in [5.74, 6) is 0.223. The highest BCUT2D eigenvalue weighted by molar-refractivity contribution is 6.11. The van der Waals surface area contributed by atoms with Gasteiger partial charge in [-0.1, -0.05) is 30.3 Å². The van der Waals surface area contributed by atoms with Gasteiger partial charge in [0.2, 0.25) is 0 Å². The molecule has 4 rings (SSSR count). The first-order valence-electron chi connectivity index (χ1n) is 8.22. The van der Waals surface area contributed by atoms with E-state index < -0.39 is 5.97 Å². The number of esters is 1. The second kappa shape index (κ2) is 7.29. The van der Waals surface area contributed by atoms with Crippen LogP contribution in [0.25, 0.3) is 6.08 Å². The number of aliphatic imine (C=N–C) groups is 1. The predicted octanol–water partition coefficient (Wildman–Crippen LogP) is 4.34. The maximum atomic E-state index is 13.0. The number of furan rings is 1. The number of carbonyl (C=O) groups excluding carboxylic acids is 1. The molecule has 1 aliphatic heterocycles. The van der Waals surface area contributed by atoms with Crippen molar-refractivity contribution in [3.05, 3.63) is 95.3 Å². The molecular weight excluding hydrogens is 349 g/mol. The Hall–Kier alpha value is -3.67. The van der Waals surface area contributed by atoms with Crippen molar-refractivity contribution in [2.24, 2.45) is 4.99 Å². The van der Waals surface area contributed by atoms with Gasteiger partial charge in [-0.15, -0.1) is 0 Å². The highest BCUT2D eigenvalue weighted by atomic mass is 19.1. The number of hydrogen-bond donors (Lipinski definition) is 0. The number of cyclic esters (lactones) is 1. The highest BCUT2D eigenvalue weighted by Gasteiger charge is 2.26. The van der Waals surface area contributed by atoms with Crippen molar-refractivity contribution in [2.75, 3.05) is 0 Å². The van der Waals surface area contributed by atoms with Crippen LogP contribution < -0.4 is 4.74 Å². The smallest absolute Gasteiger partial charge is 0.363 e. The van der Waals surface area contributed by atoms with Gasteiger partial charge in [-0.25, -0.2) is 14.2 Å². The Morgan fingerprint density at radius 1 is 1.04 bits per heavy atom. The second-order valence-corrected chi connectivity index (χ2v) is 5.77. The fourth-order valence-corrected chi connectivity index (χ4v) is 2.54. The van der Waals surface area contributed by atoms with Gasteiger partial charge in [0.15, 0.2) is 11.5 Å². The summed E-state index contributed by atoms with van der Waals surface area (Å²) < 4.78 is 29.2. The van der Waals surface area contributed by atoms with Gasteiger partial charge >= 0.3 is 5.97 Å². The van der Waals surface area contributed by atoms with Gasteiger partial charge in [0.05, 0.1) is 6.26 Å². The molecular formula is C21H14FNO4. The van der Waals surface area contributed by atoms with Gasteiger partial charge in [0, 0.05) is 5.56 Å². The minimum atomic E-state index is -0.560. The molecule has 0 amide bonds. The summed E-state index contributed by atoms with van der Waals surface area (Å²) in [5, 5.41) is 0. The first kappa shape index (κ1) is 16.8. The maximum absolute atomic E-state index is 13.0. The van der Waals surface area contributed by atoms with Crippen molar-refractivity contribution in [3.8, 4) is 5.75 Å². The van der Waals surface area contributed by atoms with Crippen LogP contribution in [0.3, 0.4) is 0 Å². The Labute approximate surface area is 154 Å². The lowest BCUT2D eigenvalue weighted by molar-refractivity contribution is -0.130. The largest absolute Gasteiger partial charge is 0.488 e. The predicted molar refractivity (Wildman–Crippen MR) is 96.5 cm³/mol. The zero-order valence-corrected chi connectivity index (χ0v) is 14.1. The third-order valence-corrected chi connectivity index (χ3v) is 3.87. The lowest BCUT2D eigenvalue weighted by Crippen LogP contribution is -2.04. The van der Waals surface area contributed by atoms with E-state index in [1.54, 1.807) is 42.5 Å². The zero-order chi connectivity index (χ0) is 18.6. The van der Waals surface area contributed by atoms with Gasteiger partial charge in [0.1, 0.15) is 18.2 Å². The standard InChI is InChI=1S/C21H14FNO4/c22-16-9-7-14(8-10-16)13-26-18-5-2-1-4-15(18)12-17-21(24)27-20(23-17)19-6-3-11-25-19/h1-12H,13H2/b17-12-. The Kier molecular flexibility index (Phi) is 4.53. The van der Waals surface area contributed by atoms with Crippen LogP contribution in [0.1, 0.15) is 16.9 Å². The van der Waals surface area contributed by atoms with Gasteiger partial charge in [-0.2, -0.15) is 0 Å². The number of para-hydroxylation sites is 1. The number of benzene rings is 2. The van der Waals surface area contributed by atoms with Crippen molar-refractivity contribution >= 4 is 17.9 Å². The lowest BCUT2D eigenvalue weighted by atomic mass is 10.1. The van der Waals surface area contributed by atoms with Crippen LogP contribution in [0.2, 0.25) is 0 Å². The number of nitrogens with zero attached hydrogens (tertiary/aromatic N) is 1. The molecule has 0 saturated heterocycles. The Bertz CT molecular complexity index is 1020. The zero-order valence-electron chi connectivity index (χ0n) is 14.1. The van der Waals surface area contributed by atoms with E-state index in [1.165, 1.54) is 18.4 Å². The molecule has 3 aromatic rings. The summed E-state index contributed by atoms with van der Waals surface area (Å²) in [4.78, 5) is 16.3. The van der Waals surface area contributed by atoms with Gasteiger partial charge in [-0.3, -0.25) is 0 Å². The Morgan fingerprint density at radius 2 is 1.85 bits per heavy atom. The summed E-state index contributed by atoms with van der Waals surface area (Å²) in [6, 6.07) is 16.7. The number of ether oxygens (including phenoxy) is 2. The van der Waals surface area contributed by atoms with Crippen molar-refractivity contribution < 1.29 is 23.1 Å². The molecule has 0 atom stereocenters. The molecule has 1 aromatic heterocycles. The quantitative estimate of drug-likeness (QED) is 0.500. The average molecular weight is 363 g/mol. The van der Waals surface area contributed by atoms with E-state index in [0.29, 0.717) is 17.1 Å². The van der Waals surface area contributed by atoms with Crippen molar-refractivity contribution in [3.63, 3.8) is 0 Å². The molecule has 0 saturated carbocycles.